The van der Waals surface area contributed by atoms with Gasteiger partial charge in [0.2, 0.25) is 0 Å². The molecule has 0 saturated carbocycles. The third kappa shape index (κ3) is 2.12. The van der Waals surface area contributed by atoms with Gasteiger partial charge in [0.15, 0.2) is 0 Å². The van der Waals surface area contributed by atoms with Crippen molar-refractivity contribution in [2.24, 2.45) is 5.92 Å². The van der Waals surface area contributed by atoms with E-state index in [4.69, 9.17) is 0 Å². The van der Waals surface area contributed by atoms with E-state index in [0.717, 1.165) is 5.56 Å². The maximum Gasteiger partial charge on any atom is 0.124 e. The fourth-order valence-corrected chi connectivity index (χ4v) is 2.08. The highest BCUT2D eigenvalue weighted by atomic mass is 19.1. The van der Waals surface area contributed by atoms with E-state index in [0.29, 0.717) is 19.5 Å². The molecule has 0 aliphatic carbocycles. The zero-order valence-corrected chi connectivity index (χ0v) is 8.83. The normalized spacial score (nSPS) is 30.7. The molecule has 0 radical (unpaired) electrons. The predicted octanol–water partition coefficient (Wildman–Crippen LogP) is 1.88. The molecule has 0 spiro atoms. The van der Waals surface area contributed by atoms with Gasteiger partial charge in [0, 0.05) is 19.0 Å². The lowest BCUT2D eigenvalue weighted by Gasteiger charge is -2.21. The molecule has 1 heterocycles. The van der Waals surface area contributed by atoms with Crippen molar-refractivity contribution in [2.75, 3.05) is 13.1 Å². The highest BCUT2D eigenvalue weighted by molar-refractivity contribution is 5.32. The molecule has 1 aromatic rings. The van der Waals surface area contributed by atoms with Crippen molar-refractivity contribution in [3.63, 3.8) is 0 Å². The molecule has 1 aliphatic rings. The Morgan fingerprint density at radius 1 is 1.53 bits per heavy atom. The van der Waals surface area contributed by atoms with E-state index in [1.54, 1.807) is 19.1 Å². The number of hydrogen-bond donors (Lipinski definition) is 2. The van der Waals surface area contributed by atoms with Crippen molar-refractivity contribution < 1.29 is 9.50 Å². The van der Waals surface area contributed by atoms with Crippen LogP contribution in [0.4, 0.5) is 4.39 Å². The molecule has 1 saturated heterocycles. The number of nitrogens with one attached hydrogen (secondary N) is 1. The summed E-state index contributed by atoms with van der Waals surface area (Å²) < 4.78 is 13.9. The van der Waals surface area contributed by atoms with Gasteiger partial charge >= 0.3 is 0 Å². The van der Waals surface area contributed by atoms with Gasteiger partial charge in [-0.05, 0) is 25.0 Å². The minimum atomic E-state index is -1.16. The van der Waals surface area contributed by atoms with E-state index in [2.05, 4.69) is 5.32 Å². The van der Waals surface area contributed by atoms with Crippen molar-refractivity contribution in [3.8, 4) is 5.75 Å². The molecular weight excluding hydrogens is 193 g/mol. The van der Waals surface area contributed by atoms with Gasteiger partial charge < -0.3 is 10.4 Å². The van der Waals surface area contributed by atoms with Crippen LogP contribution >= 0.6 is 0 Å². The number of hydrogen-bond acceptors (Lipinski definition) is 2. The number of aromatic hydroxyl groups is 1. The maximum atomic E-state index is 13.9. The standard InChI is InChI=1S/C12H16FNO/c1-12(13)8-14-7-10(12)6-9-4-2-3-5-11(9)15/h2-5,10,14-15H,6-8H2,1H3. The summed E-state index contributed by atoms with van der Waals surface area (Å²) >= 11 is 0. The van der Waals surface area contributed by atoms with Crippen LogP contribution in [0.2, 0.25) is 0 Å². The third-order valence-corrected chi connectivity index (χ3v) is 3.17. The molecule has 82 valence electrons. The molecular formula is C12H16FNO. The maximum absolute atomic E-state index is 13.9. The van der Waals surface area contributed by atoms with E-state index in [1.165, 1.54) is 0 Å². The number of para-hydroxylation sites is 1. The fraction of sp³-hybridized carbons (Fsp3) is 0.500. The quantitative estimate of drug-likeness (QED) is 0.779. The summed E-state index contributed by atoms with van der Waals surface area (Å²) in [5.74, 6) is 0.214. The first-order valence-electron chi connectivity index (χ1n) is 5.26. The van der Waals surface area contributed by atoms with E-state index in [9.17, 15) is 9.50 Å². The number of phenols is 1. The van der Waals surface area contributed by atoms with Crippen molar-refractivity contribution >= 4 is 0 Å². The first kappa shape index (κ1) is 10.4. The highest BCUT2D eigenvalue weighted by Gasteiger charge is 2.38. The number of benzene rings is 1. The topological polar surface area (TPSA) is 32.3 Å². The van der Waals surface area contributed by atoms with Gasteiger partial charge in [0.25, 0.3) is 0 Å². The Labute approximate surface area is 89.1 Å². The van der Waals surface area contributed by atoms with Crippen LogP contribution in [0.3, 0.4) is 0 Å². The Kier molecular flexibility index (Phi) is 2.65. The molecule has 1 aliphatic heterocycles. The Balaban J connectivity index is 2.12. The third-order valence-electron chi connectivity index (χ3n) is 3.17. The van der Waals surface area contributed by atoms with Crippen LogP contribution in [0.1, 0.15) is 12.5 Å². The SMILES string of the molecule is CC1(F)CNCC1Cc1ccccc1O. The monoisotopic (exact) mass is 209 g/mol. The van der Waals surface area contributed by atoms with Gasteiger partial charge in [-0.1, -0.05) is 18.2 Å². The first-order chi connectivity index (χ1) is 7.09. The van der Waals surface area contributed by atoms with Crippen molar-refractivity contribution in [3.05, 3.63) is 29.8 Å². The van der Waals surface area contributed by atoms with E-state index < -0.39 is 5.67 Å². The molecule has 15 heavy (non-hydrogen) atoms. The van der Waals surface area contributed by atoms with Crippen LogP contribution in [0.15, 0.2) is 24.3 Å². The molecule has 2 atom stereocenters. The lowest BCUT2D eigenvalue weighted by molar-refractivity contribution is 0.151. The van der Waals surface area contributed by atoms with Crippen LogP contribution < -0.4 is 5.32 Å². The van der Waals surface area contributed by atoms with Gasteiger partial charge in [0.1, 0.15) is 11.4 Å². The Bertz CT molecular complexity index is 351. The average Bonchev–Trinajstić information content (AvgIpc) is 2.50. The van der Waals surface area contributed by atoms with Crippen LogP contribution in [-0.2, 0) is 6.42 Å². The van der Waals surface area contributed by atoms with E-state index >= 15 is 0 Å². The van der Waals surface area contributed by atoms with Gasteiger partial charge in [0.05, 0.1) is 0 Å². The molecule has 1 fully saturated rings. The summed E-state index contributed by atoms with van der Waals surface area (Å²) in [5, 5.41) is 12.6. The van der Waals surface area contributed by atoms with Crippen molar-refractivity contribution in [2.45, 2.75) is 19.0 Å². The molecule has 2 nitrogen and oxygen atoms in total. The summed E-state index contributed by atoms with van der Waals surface area (Å²) in [6.07, 6.45) is 0.590. The Morgan fingerprint density at radius 2 is 2.27 bits per heavy atom. The molecule has 0 amide bonds. The highest BCUT2D eigenvalue weighted by Crippen LogP contribution is 2.31. The number of halogens is 1. The zero-order chi connectivity index (χ0) is 10.9. The number of phenolic OH excluding ortho intramolecular Hbond substituents is 1. The largest absolute Gasteiger partial charge is 0.508 e. The van der Waals surface area contributed by atoms with Crippen LogP contribution in [0.5, 0.6) is 5.75 Å². The summed E-state index contributed by atoms with van der Waals surface area (Å²) in [6.45, 7) is 2.71. The first-order valence-corrected chi connectivity index (χ1v) is 5.26. The number of rotatable bonds is 2. The smallest absolute Gasteiger partial charge is 0.124 e. The van der Waals surface area contributed by atoms with Gasteiger partial charge in [-0.2, -0.15) is 0 Å². The molecule has 0 bridgehead atoms. The van der Waals surface area contributed by atoms with Crippen molar-refractivity contribution in [1.82, 2.24) is 5.32 Å². The van der Waals surface area contributed by atoms with E-state index in [1.807, 2.05) is 12.1 Å². The Hall–Kier alpha value is -1.09. The van der Waals surface area contributed by atoms with Crippen LogP contribution in [0.25, 0.3) is 0 Å². The molecule has 2 rings (SSSR count). The van der Waals surface area contributed by atoms with Crippen molar-refractivity contribution in [1.29, 1.82) is 0 Å². The van der Waals surface area contributed by atoms with Gasteiger partial charge in [-0.25, -0.2) is 4.39 Å². The summed E-state index contributed by atoms with van der Waals surface area (Å²) in [7, 11) is 0. The summed E-state index contributed by atoms with van der Waals surface area (Å²) in [6, 6.07) is 7.14. The van der Waals surface area contributed by atoms with Gasteiger partial charge in [-0.15, -0.1) is 0 Å². The molecule has 0 aromatic heterocycles. The second kappa shape index (κ2) is 3.81. The summed E-state index contributed by atoms with van der Waals surface area (Å²) in [4.78, 5) is 0. The van der Waals surface area contributed by atoms with Crippen LogP contribution in [0, 0.1) is 5.92 Å². The molecule has 1 aromatic carbocycles. The number of alkyl halides is 1. The summed E-state index contributed by atoms with van der Waals surface area (Å²) in [5.41, 5.74) is -0.336. The minimum Gasteiger partial charge on any atom is -0.508 e. The predicted molar refractivity (Wildman–Crippen MR) is 57.7 cm³/mol. The molecule has 2 N–H and O–H groups in total. The molecule has 2 unspecified atom stereocenters. The second-order valence-corrected chi connectivity index (χ2v) is 4.44. The Morgan fingerprint density at radius 3 is 2.87 bits per heavy atom. The average molecular weight is 209 g/mol. The zero-order valence-electron chi connectivity index (χ0n) is 8.83. The van der Waals surface area contributed by atoms with E-state index in [-0.39, 0.29) is 11.7 Å². The minimum absolute atomic E-state index is 0.0502. The van der Waals surface area contributed by atoms with Crippen LogP contribution in [-0.4, -0.2) is 23.9 Å². The second-order valence-electron chi connectivity index (χ2n) is 4.44. The van der Waals surface area contributed by atoms with Gasteiger partial charge in [-0.3, -0.25) is 0 Å². The lowest BCUT2D eigenvalue weighted by atomic mass is 9.88. The fourth-order valence-electron chi connectivity index (χ4n) is 2.08. The lowest BCUT2D eigenvalue weighted by Crippen LogP contribution is -2.29. The molecule has 3 heteroatoms.